The summed E-state index contributed by atoms with van der Waals surface area (Å²) in [6.45, 7) is 1.79. The molecule has 1 amide bonds. The SMILES string of the molecule is Cl.Cl.O=C(Nc1ccc2nc(C3CCC3)[nH]c2c1)C1COCCN1. The number of aromatic nitrogens is 2. The maximum absolute atomic E-state index is 12.2. The highest BCUT2D eigenvalue weighted by atomic mass is 35.5. The Morgan fingerprint density at radius 2 is 2.12 bits per heavy atom. The average molecular weight is 373 g/mol. The van der Waals surface area contributed by atoms with Crippen LogP contribution < -0.4 is 10.6 Å². The predicted molar refractivity (Wildman–Crippen MR) is 98.4 cm³/mol. The summed E-state index contributed by atoms with van der Waals surface area (Å²) < 4.78 is 5.32. The molecule has 1 atom stereocenters. The number of rotatable bonds is 3. The largest absolute Gasteiger partial charge is 0.378 e. The topological polar surface area (TPSA) is 79.0 Å². The molecule has 132 valence electrons. The van der Waals surface area contributed by atoms with E-state index in [0.29, 0.717) is 25.7 Å². The molecule has 1 saturated carbocycles. The van der Waals surface area contributed by atoms with E-state index in [0.717, 1.165) is 22.5 Å². The van der Waals surface area contributed by atoms with Gasteiger partial charge in [0.05, 0.1) is 24.2 Å². The fourth-order valence-electron chi connectivity index (χ4n) is 2.95. The molecule has 2 heterocycles. The molecule has 1 unspecified atom stereocenters. The van der Waals surface area contributed by atoms with Crippen molar-refractivity contribution in [1.82, 2.24) is 15.3 Å². The molecule has 24 heavy (non-hydrogen) atoms. The number of nitrogens with one attached hydrogen (secondary N) is 3. The third-order valence-corrected chi connectivity index (χ3v) is 4.50. The number of carbonyl (C=O) groups excluding carboxylic acids is 1. The Morgan fingerprint density at radius 1 is 1.29 bits per heavy atom. The summed E-state index contributed by atoms with van der Waals surface area (Å²) in [5.74, 6) is 1.60. The lowest BCUT2D eigenvalue weighted by molar-refractivity contribution is -0.120. The summed E-state index contributed by atoms with van der Waals surface area (Å²) >= 11 is 0. The molecule has 0 spiro atoms. The van der Waals surface area contributed by atoms with E-state index < -0.39 is 0 Å². The first-order valence-corrected chi connectivity index (χ1v) is 7.91. The van der Waals surface area contributed by atoms with Gasteiger partial charge in [0.2, 0.25) is 5.91 Å². The highest BCUT2D eigenvalue weighted by molar-refractivity contribution is 5.96. The van der Waals surface area contributed by atoms with Crippen molar-refractivity contribution in [2.24, 2.45) is 0 Å². The number of imidazole rings is 1. The molecule has 4 rings (SSSR count). The highest BCUT2D eigenvalue weighted by Gasteiger charge is 2.23. The molecule has 1 aromatic heterocycles. The lowest BCUT2D eigenvalue weighted by Crippen LogP contribution is -2.48. The zero-order valence-corrected chi connectivity index (χ0v) is 14.8. The molecule has 8 heteroatoms. The number of hydrogen-bond acceptors (Lipinski definition) is 4. The number of fused-ring (bicyclic) bond motifs is 1. The van der Waals surface area contributed by atoms with Gasteiger partial charge < -0.3 is 20.4 Å². The van der Waals surface area contributed by atoms with Gasteiger partial charge in [0.1, 0.15) is 11.9 Å². The van der Waals surface area contributed by atoms with Gasteiger partial charge in [0, 0.05) is 18.2 Å². The summed E-state index contributed by atoms with van der Waals surface area (Å²) in [5.41, 5.74) is 2.72. The van der Waals surface area contributed by atoms with Crippen molar-refractivity contribution in [3.05, 3.63) is 24.0 Å². The van der Waals surface area contributed by atoms with Gasteiger partial charge in [-0.05, 0) is 31.0 Å². The number of anilines is 1. The molecule has 1 aliphatic heterocycles. The molecule has 6 nitrogen and oxygen atoms in total. The molecule has 0 bridgehead atoms. The third kappa shape index (κ3) is 3.83. The lowest BCUT2D eigenvalue weighted by Gasteiger charge is -2.22. The second-order valence-electron chi connectivity index (χ2n) is 6.05. The smallest absolute Gasteiger partial charge is 0.243 e. The van der Waals surface area contributed by atoms with Gasteiger partial charge in [-0.15, -0.1) is 24.8 Å². The van der Waals surface area contributed by atoms with Gasteiger partial charge in [-0.2, -0.15) is 0 Å². The van der Waals surface area contributed by atoms with Crippen LogP contribution in [-0.2, 0) is 9.53 Å². The number of morpholine rings is 1. The van der Waals surface area contributed by atoms with Crippen LogP contribution in [-0.4, -0.2) is 41.7 Å². The molecule has 1 saturated heterocycles. The molecule has 3 N–H and O–H groups in total. The van der Waals surface area contributed by atoms with E-state index in [4.69, 9.17) is 4.74 Å². The zero-order valence-electron chi connectivity index (χ0n) is 13.2. The fourth-order valence-corrected chi connectivity index (χ4v) is 2.95. The minimum atomic E-state index is -0.281. The maximum atomic E-state index is 12.2. The van der Waals surface area contributed by atoms with Gasteiger partial charge in [0.15, 0.2) is 0 Å². The Bertz CT molecular complexity index is 696. The number of amides is 1. The Hall–Kier alpha value is -1.34. The summed E-state index contributed by atoms with van der Waals surface area (Å²) in [6.07, 6.45) is 3.73. The Kier molecular flexibility index (Phi) is 6.46. The van der Waals surface area contributed by atoms with Gasteiger partial charge >= 0.3 is 0 Å². The molecular formula is C16H22Cl2N4O2. The number of aromatic amines is 1. The minimum absolute atomic E-state index is 0. The maximum Gasteiger partial charge on any atom is 0.243 e. The Labute approximate surface area is 152 Å². The van der Waals surface area contributed by atoms with Gasteiger partial charge in [0.25, 0.3) is 0 Å². The molecule has 1 aromatic carbocycles. The lowest BCUT2D eigenvalue weighted by atomic mass is 9.85. The highest BCUT2D eigenvalue weighted by Crippen LogP contribution is 2.35. The van der Waals surface area contributed by atoms with Crippen molar-refractivity contribution >= 4 is 47.4 Å². The molecule has 2 fully saturated rings. The monoisotopic (exact) mass is 372 g/mol. The van der Waals surface area contributed by atoms with E-state index >= 15 is 0 Å². The number of halogens is 2. The molecule has 0 radical (unpaired) electrons. The zero-order chi connectivity index (χ0) is 14.9. The molecule has 1 aliphatic carbocycles. The van der Waals surface area contributed by atoms with Crippen molar-refractivity contribution in [2.45, 2.75) is 31.2 Å². The Balaban J connectivity index is 0.00000104. The number of H-pyrrole nitrogens is 1. The van der Waals surface area contributed by atoms with Crippen molar-refractivity contribution in [3.8, 4) is 0 Å². The van der Waals surface area contributed by atoms with E-state index in [1.54, 1.807) is 0 Å². The Morgan fingerprint density at radius 3 is 2.79 bits per heavy atom. The van der Waals surface area contributed by atoms with E-state index in [-0.39, 0.29) is 36.8 Å². The second kappa shape index (κ2) is 8.16. The van der Waals surface area contributed by atoms with E-state index in [9.17, 15) is 4.79 Å². The first kappa shape index (κ1) is 19.0. The fraction of sp³-hybridized carbons (Fsp3) is 0.500. The summed E-state index contributed by atoms with van der Waals surface area (Å²) in [6, 6.07) is 5.52. The second-order valence-corrected chi connectivity index (χ2v) is 6.05. The van der Waals surface area contributed by atoms with Crippen LogP contribution in [0.5, 0.6) is 0 Å². The van der Waals surface area contributed by atoms with E-state index in [1.165, 1.54) is 19.3 Å². The van der Waals surface area contributed by atoms with Crippen LogP contribution in [0.2, 0.25) is 0 Å². The number of ether oxygens (including phenoxy) is 1. The van der Waals surface area contributed by atoms with Gasteiger partial charge in [-0.3, -0.25) is 4.79 Å². The molecular weight excluding hydrogens is 351 g/mol. The number of hydrogen-bond donors (Lipinski definition) is 3. The normalized spacial score (nSPS) is 20.6. The van der Waals surface area contributed by atoms with E-state index in [1.807, 2.05) is 18.2 Å². The summed E-state index contributed by atoms with van der Waals surface area (Å²) in [7, 11) is 0. The van der Waals surface area contributed by atoms with Crippen LogP contribution in [0.3, 0.4) is 0 Å². The minimum Gasteiger partial charge on any atom is -0.378 e. The summed E-state index contributed by atoms with van der Waals surface area (Å²) in [4.78, 5) is 20.2. The van der Waals surface area contributed by atoms with Gasteiger partial charge in [-0.1, -0.05) is 6.42 Å². The van der Waals surface area contributed by atoms with Crippen LogP contribution in [0.25, 0.3) is 11.0 Å². The number of benzene rings is 1. The van der Waals surface area contributed by atoms with Crippen molar-refractivity contribution < 1.29 is 9.53 Å². The number of nitrogens with zero attached hydrogens (tertiary/aromatic N) is 1. The van der Waals surface area contributed by atoms with Crippen LogP contribution in [0.4, 0.5) is 5.69 Å². The summed E-state index contributed by atoms with van der Waals surface area (Å²) in [5, 5.41) is 6.09. The van der Waals surface area contributed by atoms with Crippen molar-refractivity contribution in [3.63, 3.8) is 0 Å². The van der Waals surface area contributed by atoms with Crippen LogP contribution in [0.1, 0.15) is 31.0 Å². The molecule has 2 aromatic rings. The first-order valence-electron chi connectivity index (χ1n) is 7.91. The van der Waals surface area contributed by atoms with Crippen LogP contribution >= 0.6 is 24.8 Å². The predicted octanol–water partition coefficient (Wildman–Crippen LogP) is 2.60. The third-order valence-electron chi connectivity index (χ3n) is 4.50. The van der Waals surface area contributed by atoms with E-state index in [2.05, 4.69) is 20.6 Å². The first-order chi connectivity index (χ1) is 10.8. The average Bonchev–Trinajstić information content (AvgIpc) is 2.88. The quantitative estimate of drug-likeness (QED) is 0.773. The van der Waals surface area contributed by atoms with Crippen molar-refractivity contribution in [2.75, 3.05) is 25.1 Å². The molecule has 2 aliphatic rings. The number of carbonyl (C=O) groups is 1. The van der Waals surface area contributed by atoms with Crippen LogP contribution in [0.15, 0.2) is 18.2 Å². The van der Waals surface area contributed by atoms with Gasteiger partial charge in [-0.25, -0.2) is 4.98 Å². The van der Waals surface area contributed by atoms with Crippen molar-refractivity contribution in [1.29, 1.82) is 0 Å². The van der Waals surface area contributed by atoms with Crippen LogP contribution in [0, 0.1) is 0 Å². The standard InChI is InChI=1S/C16H20N4O2.2ClH/c21-16(14-9-22-7-6-17-14)18-11-4-5-12-13(8-11)20-15(19-12)10-2-1-3-10;;/h4-5,8,10,14,17H,1-3,6-7,9H2,(H,18,21)(H,19,20);2*1H.